The molecule has 0 aliphatic rings. The van der Waals surface area contributed by atoms with Crippen LogP contribution in [0.5, 0.6) is 0 Å². The third-order valence-corrected chi connectivity index (χ3v) is 15.0. The van der Waals surface area contributed by atoms with Gasteiger partial charge in [0.2, 0.25) is 0 Å². The third-order valence-electron chi connectivity index (χ3n) is 7.22. The molecule has 0 heterocycles. The highest BCUT2D eigenvalue weighted by Gasteiger charge is 2.29. The summed E-state index contributed by atoms with van der Waals surface area (Å²) in [5.41, 5.74) is 0. The Morgan fingerprint density at radius 3 is 1.81 bits per heavy atom. The summed E-state index contributed by atoms with van der Waals surface area (Å²) in [4.78, 5) is 12.0. The zero-order chi connectivity index (χ0) is 27.7. The lowest BCUT2D eigenvalue weighted by atomic mass is 10.2. The monoisotopic (exact) mass is 561 g/mol. The summed E-state index contributed by atoms with van der Waals surface area (Å²) in [6.07, 6.45) is 13.5. The Kier molecular flexibility index (Phi) is 24.6. The number of hydrogen-bond acceptors (Lipinski definition) is 6. The first-order chi connectivity index (χ1) is 17.8. The molecule has 0 saturated heterocycles. The van der Waals surface area contributed by atoms with E-state index in [2.05, 4.69) is 32.3 Å². The molecular weight excluding hydrogens is 498 g/mol. The molecule has 0 aliphatic heterocycles. The minimum absolute atomic E-state index is 0.155. The van der Waals surface area contributed by atoms with Crippen molar-refractivity contribution in [1.82, 2.24) is 5.32 Å². The number of rotatable bonds is 28. The van der Waals surface area contributed by atoms with Crippen LogP contribution >= 0.6 is 0 Å². The fraction of sp³-hybridized carbons (Fsp3) is 0.966. The molecule has 0 saturated carbocycles. The molecule has 8 heteroatoms. The van der Waals surface area contributed by atoms with Gasteiger partial charge in [0.25, 0.3) is 0 Å². The lowest BCUT2D eigenvalue weighted by Crippen LogP contribution is -2.39. The van der Waals surface area contributed by atoms with Crippen molar-refractivity contribution in [2.24, 2.45) is 0 Å². The molecule has 0 spiro atoms. The summed E-state index contributed by atoms with van der Waals surface area (Å²) in [5, 5.41) is 3.33. The van der Waals surface area contributed by atoms with Crippen molar-refractivity contribution in [3.63, 3.8) is 0 Å². The molecule has 0 aliphatic carbocycles. The average Bonchev–Trinajstić information content (AvgIpc) is 2.86. The minimum atomic E-state index is -2.04. The predicted molar refractivity (Wildman–Crippen MR) is 162 cm³/mol. The molecular formula is C29H63NO5Si2. The molecule has 0 aromatic carbocycles. The van der Waals surface area contributed by atoms with Gasteiger partial charge in [-0.05, 0) is 45.8 Å². The fourth-order valence-corrected chi connectivity index (χ4v) is 11.3. The summed E-state index contributed by atoms with van der Waals surface area (Å²) in [6, 6.07) is 5.28. The maximum atomic E-state index is 12.0. The van der Waals surface area contributed by atoms with Crippen LogP contribution in [-0.2, 0) is 23.1 Å². The highest BCUT2D eigenvalue weighted by atomic mass is 28.4. The predicted octanol–water partition coefficient (Wildman–Crippen LogP) is 7.69. The maximum Gasteiger partial charge on any atom is 0.334 e. The van der Waals surface area contributed by atoms with Crippen LogP contribution in [0.15, 0.2) is 0 Å². The van der Waals surface area contributed by atoms with E-state index >= 15 is 0 Å². The Morgan fingerprint density at radius 2 is 1.24 bits per heavy atom. The second-order valence-electron chi connectivity index (χ2n) is 11.0. The second-order valence-corrected chi connectivity index (χ2v) is 19.4. The van der Waals surface area contributed by atoms with Gasteiger partial charge in [0.1, 0.15) is 6.61 Å². The molecule has 0 bridgehead atoms. The van der Waals surface area contributed by atoms with E-state index in [9.17, 15) is 4.79 Å². The highest BCUT2D eigenvalue weighted by Crippen LogP contribution is 2.28. The molecule has 1 N–H and O–H groups in total. The topological polar surface area (TPSA) is 66.0 Å². The Bertz CT molecular complexity index is 507. The molecule has 0 fully saturated rings. The number of carbonyl (C=O) groups is 1. The van der Waals surface area contributed by atoms with E-state index < -0.39 is 16.6 Å². The first kappa shape index (κ1) is 36.7. The number of carbonyl (C=O) groups excluding carboxylic acids is 1. The molecule has 6 nitrogen and oxygen atoms in total. The van der Waals surface area contributed by atoms with E-state index in [0.29, 0.717) is 39.4 Å². The van der Waals surface area contributed by atoms with E-state index in [0.717, 1.165) is 32.0 Å². The molecule has 0 atom stereocenters. The third kappa shape index (κ3) is 22.3. The van der Waals surface area contributed by atoms with Crippen molar-refractivity contribution in [2.75, 3.05) is 46.1 Å². The standard InChI is InChI=1S/C29H63NO5Si2/c1-7-11-13-15-25-36(5,26-16-14-12-8-2)27-18-22-32-23-24-33-29(31)19-21-30-20-17-28-37(6,34-9-3)35-10-4/h30H,7-28H2,1-6H3. The molecule has 0 aromatic rings. The molecule has 222 valence electrons. The van der Waals surface area contributed by atoms with Gasteiger partial charge in [-0.3, -0.25) is 4.79 Å². The van der Waals surface area contributed by atoms with Crippen LogP contribution in [0.2, 0.25) is 37.3 Å². The molecule has 0 unspecified atom stereocenters. The minimum Gasteiger partial charge on any atom is -0.463 e. The van der Waals surface area contributed by atoms with Crippen LogP contribution in [0.1, 0.15) is 98.3 Å². The summed E-state index contributed by atoms with van der Waals surface area (Å²) in [6.45, 7) is 17.9. The van der Waals surface area contributed by atoms with Gasteiger partial charge in [-0.2, -0.15) is 0 Å². The van der Waals surface area contributed by atoms with E-state index in [1.165, 1.54) is 69.5 Å². The number of unbranched alkanes of at least 4 members (excludes halogenated alkanes) is 6. The smallest absolute Gasteiger partial charge is 0.334 e. The Hall–Kier alpha value is -0.256. The SMILES string of the molecule is CCCCCC[Si](C)(CCCCCC)CCCOCCOC(=O)CCNCCC[Si](C)(OCC)OCC. The van der Waals surface area contributed by atoms with Crippen LogP contribution in [0.25, 0.3) is 0 Å². The van der Waals surface area contributed by atoms with Gasteiger partial charge in [0, 0.05) is 26.4 Å². The van der Waals surface area contributed by atoms with E-state index in [4.69, 9.17) is 18.3 Å². The Labute approximate surface area is 232 Å². The molecule has 0 rings (SSSR count). The van der Waals surface area contributed by atoms with Crippen LogP contribution in [-0.4, -0.2) is 68.7 Å². The Balaban J connectivity index is 3.89. The van der Waals surface area contributed by atoms with Crippen molar-refractivity contribution in [3.05, 3.63) is 0 Å². The van der Waals surface area contributed by atoms with Crippen LogP contribution in [0.4, 0.5) is 0 Å². The number of nitrogens with one attached hydrogen (secondary N) is 1. The van der Waals surface area contributed by atoms with Crippen molar-refractivity contribution in [2.45, 2.75) is 136 Å². The molecule has 0 amide bonds. The van der Waals surface area contributed by atoms with E-state index in [-0.39, 0.29) is 5.97 Å². The van der Waals surface area contributed by atoms with Crippen LogP contribution in [0.3, 0.4) is 0 Å². The maximum absolute atomic E-state index is 12.0. The first-order valence-electron chi connectivity index (χ1n) is 15.6. The van der Waals surface area contributed by atoms with Crippen LogP contribution < -0.4 is 5.32 Å². The van der Waals surface area contributed by atoms with Crippen molar-refractivity contribution < 1.29 is 23.1 Å². The number of hydrogen-bond donors (Lipinski definition) is 1. The van der Waals surface area contributed by atoms with Crippen LogP contribution in [0, 0.1) is 0 Å². The lowest BCUT2D eigenvalue weighted by molar-refractivity contribution is -0.145. The zero-order valence-electron chi connectivity index (χ0n) is 25.6. The largest absolute Gasteiger partial charge is 0.463 e. The van der Waals surface area contributed by atoms with Crippen molar-refractivity contribution >= 4 is 22.6 Å². The van der Waals surface area contributed by atoms with Gasteiger partial charge in [-0.25, -0.2) is 0 Å². The first-order valence-corrected chi connectivity index (χ1v) is 21.2. The summed E-state index contributed by atoms with van der Waals surface area (Å²) in [7, 11) is -3.20. The lowest BCUT2D eigenvalue weighted by Gasteiger charge is -2.28. The van der Waals surface area contributed by atoms with Gasteiger partial charge in [-0.1, -0.05) is 89.9 Å². The van der Waals surface area contributed by atoms with Gasteiger partial charge in [0.15, 0.2) is 0 Å². The van der Waals surface area contributed by atoms with Crippen molar-refractivity contribution in [1.29, 1.82) is 0 Å². The quantitative estimate of drug-likeness (QED) is 0.0600. The van der Waals surface area contributed by atoms with Gasteiger partial charge in [-0.15, -0.1) is 0 Å². The number of ether oxygens (including phenoxy) is 2. The second kappa shape index (κ2) is 24.8. The fourth-order valence-electron chi connectivity index (χ4n) is 4.97. The molecule has 0 aromatic heterocycles. The summed E-state index contributed by atoms with van der Waals surface area (Å²) in [5.74, 6) is -0.155. The van der Waals surface area contributed by atoms with E-state index in [1.807, 2.05) is 13.8 Å². The average molecular weight is 562 g/mol. The normalized spacial score (nSPS) is 12.3. The molecule has 0 radical (unpaired) electrons. The van der Waals surface area contributed by atoms with E-state index in [1.54, 1.807) is 0 Å². The summed E-state index contributed by atoms with van der Waals surface area (Å²) >= 11 is 0. The highest BCUT2D eigenvalue weighted by molar-refractivity contribution is 6.78. The summed E-state index contributed by atoms with van der Waals surface area (Å²) < 4.78 is 22.9. The zero-order valence-corrected chi connectivity index (χ0v) is 27.6. The Morgan fingerprint density at radius 1 is 0.649 bits per heavy atom. The molecule has 37 heavy (non-hydrogen) atoms. The number of esters is 1. The van der Waals surface area contributed by atoms with Gasteiger partial charge in [0.05, 0.1) is 21.1 Å². The van der Waals surface area contributed by atoms with Gasteiger partial charge < -0.3 is 23.6 Å². The van der Waals surface area contributed by atoms with Gasteiger partial charge >= 0.3 is 14.5 Å². The van der Waals surface area contributed by atoms with Crippen molar-refractivity contribution in [3.8, 4) is 0 Å².